The van der Waals surface area contributed by atoms with Gasteiger partial charge in [0, 0.05) is 126 Å². The first-order valence-corrected chi connectivity index (χ1v) is 32.3. The number of rotatable bonds is 11. The first-order valence-electron chi connectivity index (χ1n) is 30.0. The van der Waals surface area contributed by atoms with Crippen LogP contribution < -0.4 is 25.2 Å². The van der Waals surface area contributed by atoms with Gasteiger partial charge in [-0.3, -0.25) is 24.2 Å². The number of amides is 4. The molecule has 18 nitrogen and oxygen atoms in total. The second-order valence-electron chi connectivity index (χ2n) is 21.4. The van der Waals surface area contributed by atoms with Crippen LogP contribution in [0.3, 0.4) is 0 Å². The van der Waals surface area contributed by atoms with Gasteiger partial charge >= 0.3 is 6.01 Å². The van der Waals surface area contributed by atoms with Crippen molar-refractivity contribution in [2.75, 3.05) is 93.8 Å². The molecule has 0 spiro atoms. The minimum atomic E-state index is -0.763. The highest BCUT2D eigenvalue weighted by Crippen LogP contribution is 2.40. The average Bonchev–Trinajstić information content (AvgIpc) is 0.791. The lowest BCUT2D eigenvalue weighted by Crippen LogP contribution is -2.59. The molecule has 3 fully saturated rings. The number of pyridine rings is 1. The number of hydrogen-bond donors (Lipinski definition) is 1. The summed E-state index contributed by atoms with van der Waals surface area (Å²) in [7, 11) is 1.54. The van der Waals surface area contributed by atoms with Crippen molar-refractivity contribution in [1.82, 2.24) is 39.6 Å². The second kappa shape index (κ2) is 31.7. The van der Waals surface area contributed by atoms with E-state index >= 15 is 0 Å². The van der Waals surface area contributed by atoms with E-state index in [-0.39, 0.29) is 30.3 Å². The number of ether oxygens (including phenoxy) is 1. The van der Waals surface area contributed by atoms with Crippen molar-refractivity contribution >= 4 is 143 Å². The van der Waals surface area contributed by atoms with Crippen molar-refractivity contribution in [3.05, 3.63) is 195 Å². The Hall–Kier alpha value is -9.06. The summed E-state index contributed by atoms with van der Waals surface area (Å²) in [5, 5.41) is 15.9. The van der Waals surface area contributed by atoms with E-state index in [4.69, 9.17) is 80.1 Å². The maximum absolute atomic E-state index is 12.4. The molecule has 2 N–H and O–H groups in total. The fourth-order valence-corrected chi connectivity index (χ4v) is 12.4. The molecule has 6 heterocycles. The van der Waals surface area contributed by atoms with Crippen molar-refractivity contribution in [2.45, 2.75) is 26.8 Å². The van der Waals surface area contributed by atoms with Gasteiger partial charge in [-0.1, -0.05) is 139 Å². The largest absolute Gasteiger partial charge is 0.467 e. The zero-order chi connectivity index (χ0) is 67.3. The van der Waals surface area contributed by atoms with Crippen LogP contribution in [0.1, 0.15) is 26.3 Å². The van der Waals surface area contributed by atoms with Gasteiger partial charge in [-0.2, -0.15) is 15.2 Å². The zero-order valence-corrected chi connectivity index (χ0v) is 56.4. The van der Waals surface area contributed by atoms with Crippen molar-refractivity contribution in [1.29, 1.82) is 5.26 Å². The van der Waals surface area contributed by atoms with Crippen LogP contribution in [0.2, 0.25) is 30.1 Å². The summed E-state index contributed by atoms with van der Waals surface area (Å²) >= 11 is 37.8. The molecule has 3 aromatic heterocycles. The molecule has 24 heteroatoms. The highest BCUT2D eigenvalue weighted by molar-refractivity contribution is 6.36. The third-order valence-electron chi connectivity index (χ3n) is 15.9. The molecule has 1 unspecified atom stereocenters. The molecule has 0 aliphatic carbocycles. The number of benzene rings is 6. The number of aromatic nitrogens is 5. The van der Waals surface area contributed by atoms with E-state index in [0.29, 0.717) is 118 Å². The number of nitrogens with zero attached hydrogens (tertiary/aromatic N) is 12. The van der Waals surface area contributed by atoms with Crippen molar-refractivity contribution in [2.24, 2.45) is 5.73 Å². The lowest BCUT2D eigenvalue weighted by Gasteiger charge is -2.40. The molecule has 3 saturated heterocycles. The Morgan fingerprint density at radius 1 is 0.564 bits per heavy atom. The van der Waals surface area contributed by atoms with Crippen LogP contribution in [-0.4, -0.2) is 148 Å². The summed E-state index contributed by atoms with van der Waals surface area (Å²) in [6.45, 7) is 18.8. The molecule has 1 atom stereocenters. The number of halogens is 6. The minimum absolute atomic E-state index is 0.0587. The first-order chi connectivity index (χ1) is 45.4. The highest BCUT2D eigenvalue weighted by Gasteiger charge is 2.35. The maximum atomic E-state index is 12.4. The second-order valence-corrected chi connectivity index (χ2v) is 23.9. The van der Waals surface area contributed by atoms with Gasteiger partial charge < -0.3 is 39.9 Å². The summed E-state index contributed by atoms with van der Waals surface area (Å²) in [6.07, 6.45) is 8.81. The van der Waals surface area contributed by atoms with E-state index < -0.39 is 11.9 Å². The molecule has 0 bridgehead atoms. The van der Waals surface area contributed by atoms with Gasteiger partial charge in [-0.15, -0.1) is 0 Å². The first kappa shape index (κ1) is 69.3. The monoisotopic (exact) mass is 1380 g/mol. The molecule has 12 rings (SSSR count). The predicted molar refractivity (Wildman–Crippen MR) is 380 cm³/mol. The van der Waals surface area contributed by atoms with E-state index in [2.05, 4.69) is 53.9 Å². The lowest BCUT2D eigenvalue weighted by molar-refractivity contribution is -0.136. The predicted octanol–water partition coefficient (Wildman–Crippen LogP) is 14.1. The SMILES string of the molecule is C/C=C/C(=O)N1CCN(c2ncnc3cc(Cl)c(-c4ccc(Cl)cc4)cc23)CC1C(N)=O.C=CC(=O)N1CCN(c2c(C#N)cnc3cc(Cl)c(-c4ccc(Cl)cc4)cc23)CC1.C=CC(=O)N1CCN(c2nc(OC)nc3cc(Cl)c(-c4ccc(Cl)cc4)cc23)CC1.CC. The summed E-state index contributed by atoms with van der Waals surface area (Å²) in [6, 6.07) is 35.5. The molecule has 4 amide bonds. The van der Waals surface area contributed by atoms with Crippen LogP contribution in [0.5, 0.6) is 6.01 Å². The van der Waals surface area contributed by atoms with Crippen LogP contribution in [0.4, 0.5) is 17.3 Å². The number of hydrogen-bond acceptors (Lipinski definition) is 14. The fraction of sp³-hybridized carbons (Fsp3) is 0.229. The van der Waals surface area contributed by atoms with E-state index in [1.165, 1.54) is 36.6 Å². The van der Waals surface area contributed by atoms with Crippen LogP contribution >= 0.6 is 69.6 Å². The number of fused-ring (bicyclic) bond motifs is 3. The van der Waals surface area contributed by atoms with Gasteiger partial charge in [-0.05, 0) is 115 Å². The van der Waals surface area contributed by atoms with E-state index in [1.54, 1.807) is 47.2 Å². The van der Waals surface area contributed by atoms with Crippen molar-refractivity contribution < 1.29 is 23.9 Å². The topological polar surface area (TPSA) is 211 Å². The van der Waals surface area contributed by atoms with Gasteiger partial charge in [0.05, 0.1) is 50.0 Å². The Morgan fingerprint density at radius 3 is 1.47 bits per heavy atom. The van der Waals surface area contributed by atoms with Crippen LogP contribution in [0, 0.1) is 11.3 Å². The molecule has 9 aromatic rings. The van der Waals surface area contributed by atoms with Gasteiger partial charge in [0.15, 0.2) is 0 Å². The molecule has 3 aliphatic rings. The Labute approximate surface area is 575 Å². The number of carbonyl (C=O) groups excluding carboxylic acids is 4. The van der Waals surface area contributed by atoms with Gasteiger partial charge in [0.2, 0.25) is 23.6 Å². The number of primary amides is 1. The minimum Gasteiger partial charge on any atom is -0.467 e. The Morgan fingerprint density at radius 2 is 1.01 bits per heavy atom. The summed E-state index contributed by atoms with van der Waals surface area (Å²) in [4.78, 5) is 82.0. The normalized spacial score (nSPS) is 14.7. The van der Waals surface area contributed by atoms with Crippen molar-refractivity contribution in [3.8, 4) is 45.5 Å². The molecule has 6 aromatic carbocycles. The van der Waals surface area contributed by atoms with Crippen LogP contribution in [0.25, 0.3) is 66.1 Å². The third-order valence-corrected chi connectivity index (χ3v) is 17.6. The van der Waals surface area contributed by atoms with Gasteiger partial charge in [-0.25, -0.2) is 9.97 Å². The third kappa shape index (κ3) is 15.8. The number of allylic oxidation sites excluding steroid dienone is 1. The molecule has 0 radical (unpaired) electrons. The molecular formula is C70H65Cl6N13O5. The number of methoxy groups -OCH3 is 1. The van der Waals surface area contributed by atoms with Crippen molar-refractivity contribution in [3.63, 3.8) is 0 Å². The fourth-order valence-electron chi connectivity index (χ4n) is 11.2. The number of nitriles is 1. The molecule has 3 aliphatic heterocycles. The summed E-state index contributed by atoms with van der Waals surface area (Å²) in [5.74, 6) is 0.486. The highest BCUT2D eigenvalue weighted by atomic mass is 35.5. The number of piperazine rings is 3. The van der Waals surface area contributed by atoms with Gasteiger partial charge in [0.1, 0.15) is 30.1 Å². The standard InChI is InChI=1S/C23H21Cl2N5O2.C23H18Cl2N4O.C22H20Cl2N4O2.C2H6/c1-2-3-21(31)30-9-8-29(12-20(30)22(26)32)23-17-10-16(14-4-6-15(24)7-5-14)18(25)11-19(17)27-13-28-23;1-2-22(30)28-7-9-29(10-8-28)23-16(13-26)14-27-21-12-20(25)18(11-19(21)23)15-3-5-17(24)6-4-15;1-3-20(29)27-8-10-28(11-9-27)21-17-12-16(14-4-6-15(23)7-5-14)18(24)13-19(17)25-22(26-21)30-2;1-2/h2-7,10-11,13,20H,8-9,12H2,1H3,(H2,26,32);2-6,11-12,14H,1,7-10H2;3-7,12-13H,1,8-11H2,2H3;1-2H3/b3-2+;;;. The Kier molecular flexibility index (Phi) is 23.4. The zero-order valence-electron chi connectivity index (χ0n) is 51.9. The van der Waals surface area contributed by atoms with Gasteiger partial charge in [0.25, 0.3) is 0 Å². The summed E-state index contributed by atoms with van der Waals surface area (Å²) < 4.78 is 5.31. The Balaban J connectivity index is 0.000000164. The van der Waals surface area contributed by atoms with E-state index in [0.717, 1.165) is 66.6 Å². The number of anilines is 3. The molecule has 482 valence electrons. The molecular weight excluding hydrogens is 1320 g/mol. The Bertz CT molecular complexity index is 4390. The van der Waals surface area contributed by atoms with Crippen LogP contribution in [0.15, 0.2) is 159 Å². The van der Waals surface area contributed by atoms with Crippen LogP contribution in [-0.2, 0) is 19.2 Å². The molecule has 94 heavy (non-hydrogen) atoms. The lowest BCUT2D eigenvalue weighted by atomic mass is 10.0. The quantitative estimate of drug-likeness (QED) is 0.119. The number of carbonyl (C=O) groups is 4. The summed E-state index contributed by atoms with van der Waals surface area (Å²) in [5.41, 5.74) is 14.4. The van der Waals surface area contributed by atoms with E-state index in [9.17, 15) is 24.4 Å². The smallest absolute Gasteiger partial charge is 0.318 e. The number of nitrogens with two attached hydrogens (primary N) is 1. The maximum Gasteiger partial charge on any atom is 0.318 e. The molecule has 0 saturated carbocycles. The van der Waals surface area contributed by atoms with E-state index in [1.807, 2.05) is 110 Å². The average molecular weight is 1380 g/mol.